The Bertz CT molecular complexity index is 1040. The molecule has 180 valence electrons. The molecule has 9 heteroatoms. The molecule has 34 heavy (non-hydrogen) atoms. The van der Waals surface area contributed by atoms with Crippen LogP contribution in [0.25, 0.3) is 0 Å². The molecule has 0 aliphatic carbocycles. The second kappa shape index (κ2) is 12.2. The molecule has 0 radical (unpaired) electrons. The highest BCUT2D eigenvalue weighted by Gasteiger charge is 2.24. The smallest absolute Gasteiger partial charge is 0.264 e. The van der Waals surface area contributed by atoms with E-state index in [1.165, 1.54) is 23.5 Å². The van der Waals surface area contributed by atoms with E-state index in [0.717, 1.165) is 23.5 Å². The Hall–Kier alpha value is -2.59. The zero-order valence-corrected chi connectivity index (χ0v) is 20.5. The minimum Gasteiger partial charge on any atom is -0.379 e. The summed E-state index contributed by atoms with van der Waals surface area (Å²) in [6.07, 6.45) is 0. The van der Waals surface area contributed by atoms with Gasteiger partial charge in [0.25, 0.3) is 5.91 Å². The zero-order valence-electron chi connectivity index (χ0n) is 18.9. The SMILES string of the molecule is O=C(CN(CCN1CCOCC1)C(=O)c1cccs1)N(Cc1ccc(F)cc1)Cc1cccs1. The molecule has 4 rings (SSSR count). The van der Waals surface area contributed by atoms with Crippen LogP contribution in [0.4, 0.5) is 4.39 Å². The predicted octanol–water partition coefficient (Wildman–Crippen LogP) is 3.95. The van der Waals surface area contributed by atoms with Gasteiger partial charge in [0.2, 0.25) is 5.91 Å². The lowest BCUT2D eigenvalue weighted by molar-refractivity contribution is -0.133. The molecule has 0 atom stereocenters. The number of hydrogen-bond donors (Lipinski definition) is 0. The molecule has 0 unspecified atom stereocenters. The van der Waals surface area contributed by atoms with Gasteiger partial charge in [-0.2, -0.15) is 0 Å². The number of nitrogens with zero attached hydrogens (tertiary/aromatic N) is 3. The Labute approximate surface area is 207 Å². The van der Waals surface area contributed by atoms with Gasteiger partial charge in [0.15, 0.2) is 0 Å². The number of benzene rings is 1. The summed E-state index contributed by atoms with van der Waals surface area (Å²) < 4.78 is 18.8. The fourth-order valence-electron chi connectivity index (χ4n) is 3.79. The largest absolute Gasteiger partial charge is 0.379 e. The summed E-state index contributed by atoms with van der Waals surface area (Å²) in [5.41, 5.74) is 0.843. The maximum absolute atomic E-state index is 13.5. The van der Waals surface area contributed by atoms with Gasteiger partial charge in [0, 0.05) is 37.6 Å². The highest BCUT2D eigenvalue weighted by Crippen LogP contribution is 2.17. The van der Waals surface area contributed by atoms with Crippen LogP contribution >= 0.6 is 22.7 Å². The van der Waals surface area contributed by atoms with Crippen LogP contribution in [0.15, 0.2) is 59.3 Å². The topological polar surface area (TPSA) is 53.1 Å². The van der Waals surface area contributed by atoms with Crippen LogP contribution in [0.3, 0.4) is 0 Å². The number of morpholine rings is 1. The molecule has 6 nitrogen and oxygen atoms in total. The third kappa shape index (κ3) is 6.96. The third-order valence-corrected chi connectivity index (χ3v) is 7.42. The molecule has 0 spiro atoms. The standard InChI is InChI=1S/C25H28FN3O3S2/c26-21-7-5-20(6-8-21)17-29(18-22-3-1-15-33-22)24(30)19-28(25(31)23-4-2-16-34-23)10-9-27-11-13-32-14-12-27/h1-8,15-16H,9-14,17-19H2. The molecule has 1 aliphatic heterocycles. The van der Waals surface area contributed by atoms with Gasteiger partial charge in [-0.15, -0.1) is 22.7 Å². The van der Waals surface area contributed by atoms with Crippen LogP contribution in [0, 0.1) is 5.82 Å². The van der Waals surface area contributed by atoms with Gasteiger partial charge in [0.1, 0.15) is 12.4 Å². The van der Waals surface area contributed by atoms with E-state index in [0.29, 0.717) is 44.3 Å². The van der Waals surface area contributed by atoms with Crippen molar-refractivity contribution in [1.82, 2.24) is 14.7 Å². The van der Waals surface area contributed by atoms with Gasteiger partial charge in [-0.3, -0.25) is 14.5 Å². The number of carbonyl (C=O) groups is 2. The second-order valence-corrected chi connectivity index (χ2v) is 10.1. The lowest BCUT2D eigenvalue weighted by Gasteiger charge is -2.31. The van der Waals surface area contributed by atoms with E-state index in [2.05, 4.69) is 4.90 Å². The van der Waals surface area contributed by atoms with Gasteiger partial charge in [0.05, 0.1) is 24.6 Å². The number of ether oxygens (including phenoxy) is 1. The van der Waals surface area contributed by atoms with Crippen molar-refractivity contribution in [1.29, 1.82) is 0 Å². The number of rotatable bonds is 10. The number of thiophene rings is 2. The van der Waals surface area contributed by atoms with Crippen LogP contribution in [0.5, 0.6) is 0 Å². The molecule has 2 amide bonds. The second-order valence-electron chi connectivity index (χ2n) is 8.11. The van der Waals surface area contributed by atoms with Crippen molar-refractivity contribution in [2.24, 2.45) is 0 Å². The van der Waals surface area contributed by atoms with Crippen molar-refractivity contribution < 1.29 is 18.7 Å². The van der Waals surface area contributed by atoms with Crippen molar-refractivity contribution in [2.45, 2.75) is 13.1 Å². The van der Waals surface area contributed by atoms with Gasteiger partial charge >= 0.3 is 0 Å². The Morgan fingerprint density at radius 1 is 0.941 bits per heavy atom. The average molecular weight is 502 g/mol. The monoisotopic (exact) mass is 501 g/mol. The molecule has 3 aromatic rings. The molecular formula is C25H28FN3O3S2. The molecule has 1 aromatic carbocycles. The summed E-state index contributed by atoms with van der Waals surface area (Å²) in [6.45, 7) is 4.96. The quantitative estimate of drug-likeness (QED) is 0.422. The summed E-state index contributed by atoms with van der Waals surface area (Å²) in [4.78, 5) is 34.1. The highest BCUT2D eigenvalue weighted by molar-refractivity contribution is 7.12. The molecule has 1 aliphatic rings. The molecular weight excluding hydrogens is 473 g/mol. The van der Waals surface area contributed by atoms with E-state index < -0.39 is 0 Å². The van der Waals surface area contributed by atoms with E-state index in [4.69, 9.17) is 4.74 Å². The Morgan fingerprint density at radius 3 is 2.35 bits per heavy atom. The van der Waals surface area contributed by atoms with Crippen LogP contribution in [0.1, 0.15) is 20.1 Å². The normalized spacial score (nSPS) is 14.1. The summed E-state index contributed by atoms with van der Waals surface area (Å²) in [6, 6.07) is 13.8. The van der Waals surface area contributed by atoms with Gasteiger partial charge in [-0.1, -0.05) is 24.3 Å². The third-order valence-electron chi connectivity index (χ3n) is 5.70. The summed E-state index contributed by atoms with van der Waals surface area (Å²) >= 11 is 2.96. The van der Waals surface area contributed by atoms with Crippen LogP contribution in [-0.2, 0) is 22.6 Å². The van der Waals surface area contributed by atoms with Crippen molar-refractivity contribution >= 4 is 34.5 Å². The first-order chi connectivity index (χ1) is 16.6. The fourth-order valence-corrected chi connectivity index (χ4v) is 5.20. The van der Waals surface area contributed by atoms with Gasteiger partial charge < -0.3 is 14.5 Å². The van der Waals surface area contributed by atoms with Crippen molar-refractivity contribution in [3.8, 4) is 0 Å². The van der Waals surface area contributed by atoms with E-state index in [9.17, 15) is 14.0 Å². The summed E-state index contributed by atoms with van der Waals surface area (Å²) in [5, 5.41) is 3.84. The maximum Gasteiger partial charge on any atom is 0.264 e. The predicted molar refractivity (Wildman–Crippen MR) is 132 cm³/mol. The van der Waals surface area contributed by atoms with E-state index in [1.807, 2.05) is 29.0 Å². The van der Waals surface area contributed by atoms with Gasteiger partial charge in [-0.25, -0.2) is 4.39 Å². The van der Waals surface area contributed by atoms with Crippen LogP contribution < -0.4 is 0 Å². The first-order valence-electron chi connectivity index (χ1n) is 11.3. The Kier molecular flexibility index (Phi) is 8.81. The molecule has 1 fully saturated rings. The lowest BCUT2D eigenvalue weighted by atomic mass is 10.2. The number of halogens is 1. The lowest BCUT2D eigenvalue weighted by Crippen LogP contribution is -2.46. The Morgan fingerprint density at radius 2 is 1.68 bits per heavy atom. The first-order valence-corrected chi connectivity index (χ1v) is 13.0. The zero-order chi connectivity index (χ0) is 23.8. The van der Waals surface area contributed by atoms with E-state index in [1.54, 1.807) is 39.3 Å². The maximum atomic E-state index is 13.5. The first kappa shape index (κ1) is 24.5. The molecule has 0 bridgehead atoms. The molecule has 0 saturated carbocycles. The molecule has 2 aromatic heterocycles. The number of amides is 2. The van der Waals surface area contributed by atoms with Crippen molar-refractivity contribution in [3.63, 3.8) is 0 Å². The summed E-state index contributed by atoms with van der Waals surface area (Å²) in [5.74, 6) is -0.574. The highest BCUT2D eigenvalue weighted by atomic mass is 32.1. The molecule has 3 heterocycles. The minimum atomic E-state index is -0.310. The summed E-state index contributed by atoms with van der Waals surface area (Å²) in [7, 11) is 0. The molecule has 0 N–H and O–H groups in total. The average Bonchev–Trinajstić information content (AvgIpc) is 3.57. The van der Waals surface area contributed by atoms with Gasteiger partial charge in [-0.05, 0) is 40.6 Å². The van der Waals surface area contributed by atoms with Crippen LogP contribution in [-0.4, -0.2) is 72.5 Å². The molecule has 1 saturated heterocycles. The number of hydrogen-bond acceptors (Lipinski definition) is 6. The van der Waals surface area contributed by atoms with E-state index in [-0.39, 0.29) is 24.2 Å². The number of carbonyl (C=O) groups excluding carboxylic acids is 2. The Balaban J connectivity index is 1.48. The van der Waals surface area contributed by atoms with Crippen molar-refractivity contribution in [3.05, 3.63) is 80.4 Å². The van der Waals surface area contributed by atoms with E-state index >= 15 is 0 Å². The minimum absolute atomic E-state index is 0.00631. The van der Waals surface area contributed by atoms with Crippen LogP contribution in [0.2, 0.25) is 0 Å². The fraction of sp³-hybridized carbons (Fsp3) is 0.360. The van der Waals surface area contributed by atoms with Crippen molar-refractivity contribution in [2.75, 3.05) is 45.9 Å².